The number of benzene rings is 3. The van der Waals surface area contributed by atoms with Crippen molar-refractivity contribution in [3.05, 3.63) is 101 Å². The zero-order valence-corrected chi connectivity index (χ0v) is 22.4. The van der Waals surface area contributed by atoms with E-state index in [0.717, 1.165) is 27.3 Å². The lowest BCUT2D eigenvalue weighted by Crippen LogP contribution is -2.47. The van der Waals surface area contributed by atoms with Crippen LogP contribution in [0.25, 0.3) is 0 Å². The maximum absolute atomic E-state index is 13.6. The monoisotopic (exact) mass is 523 g/mol. The Morgan fingerprint density at radius 3 is 2.08 bits per heavy atom. The zero-order chi connectivity index (χ0) is 27.0. The van der Waals surface area contributed by atoms with Gasteiger partial charge in [-0.25, -0.2) is 8.42 Å². The Bertz CT molecular complexity index is 1290. The van der Waals surface area contributed by atoms with Crippen molar-refractivity contribution in [1.82, 2.24) is 14.5 Å². The molecule has 0 aromatic heterocycles. The van der Waals surface area contributed by atoms with E-state index >= 15 is 0 Å². The average molecular weight is 524 g/mol. The molecule has 8 nitrogen and oxygen atoms in total. The van der Waals surface area contributed by atoms with Gasteiger partial charge in [-0.3, -0.25) is 9.59 Å². The lowest BCUT2D eigenvalue weighted by molar-refractivity contribution is -0.141. The molecule has 0 saturated heterocycles. The Morgan fingerprint density at radius 2 is 1.51 bits per heavy atom. The smallest absolute Gasteiger partial charge is 0.247 e. The van der Waals surface area contributed by atoms with E-state index in [0.29, 0.717) is 11.3 Å². The fourth-order valence-corrected chi connectivity index (χ4v) is 4.09. The summed E-state index contributed by atoms with van der Waals surface area (Å²) < 4.78 is 30.3. The molecule has 196 valence electrons. The summed E-state index contributed by atoms with van der Waals surface area (Å²) in [5, 5.41) is 2.96. The van der Waals surface area contributed by atoms with E-state index < -0.39 is 28.5 Å². The van der Waals surface area contributed by atoms with Gasteiger partial charge < -0.3 is 15.0 Å². The summed E-state index contributed by atoms with van der Waals surface area (Å²) in [6.45, 7) is 1.97. The van der Waals surface area contributed by atoms with Gasteiger partial charge in [0.25, 0.3) is 0 Å². The Hall–Kier alpha value is -3.69. The molecule has 2 amide bonds. The maximum Gasteiger partial charge on any atom is 0.247 e. The second-order valence-corrected chi connectivity index (χ2v) is 11.0. The van der Waals surface area contributed by atoms with Gasteiger partial charge in [0, 0.05) is 20.1 Å². The van der Waals surface area contributed by atoms with Crippen molar-refractivity contribution in [3.63, 3.8) is 0 Å². The molecule has 3 rings (SSSR count). The van der Waals surface area contributed by atoms with E-state index in [-0.39, 0.29) is 19.0 Å². The third kappa shape index (κ3) is 7.90. The van der Waals surface area contributed by atoms with Gasteiger partial charge in [0.05, 0.1) is 19.9 Å². The second-order valence-electron chi connectivity index (χ2n) is 8.91. The predicted octanol–water partition coefficient (Wildman–Crippen LogP) is 3.28. The number of nitrogens with zero attached hydrogens (tertiary/aromatic N) is 2. The molecule has 0 spiro atoms. The van der Waals surface area contributed by atoms with E-state index in [2.05, 4.69) is 5.32 Å². The van der Waals surface area contributed by atoms with Crippen LogP contribution in [-0.4, -0.2) is 56.4 Å². The van der Waals surface area contributed by atoms with Gasteiger partial charge in [-0.2, -0.15) is 4.31 Å². The predicted molar refractivity (Wildman–Crippen MR) is 143 cm³/mol. The molecular weight excluding hydrogens is 490 g/mol. The molecule has 0 bridgehead atoms. The summed E-state index contributed by atoms with van der Waals surface area (Å²) >= 11 is 0. The van der Waals surface area contributed by atoms with Gasteiger partial charge >= 0.3 is 0 Å². The first-order chi connectivity index (χ1) is 17.6. The quantitative estimate of drug-likeness (QED) is 0.416. The van der Waals surface area contributed by atoms with Crippen LogP contribution < -0.4 is 10.1 Å². The van der Waals surface area contributed by atoms with Gasteiger partial charge in [-0.15, -0.1) is 0 Å². The van der Waals surface area contributed by atoms with E-state index in [9.17, 15) is 18.0 Å². The number of ether oxygens (including phenoxy) is 1. The molecule has 0 unspecified atom stereocenters. The van der Waals surface area contributed by atoms with E-state index in [1.54, 1.807) is 43.5 Å². The Morgan fingerprint density at radius 1 is 0.919 bits per heavy atom. The van der Waals surface area contributed by atoms with E-state index in [1.807, 2.05) is 49.4 Å². The van der Waals surface area contributed by atoms with Gasteiger partial charge in [0.15, 0.2) is 0 Å². The topological polar surface area (TPSA) is 96.0 Å². The number of sulfonamides is 1. The van der Waals surface area contributed by atoms with E-state index in [4.69, 9.17) is 4.74 Å². The van der Waals surface area contributed by atoms with Crippen LogP contribution >= 0.6 is 0 Å². The number of hydrogen-bond acceptors (Lipinski definition) is 5. The summed E-state index contributed by atoms with van der Waals surface area (Å²) in [6, 6.07) is 23.0. The number of amides is 2. The van der Waals surface area contributed by atoms with Gasteiger partial charge in [0.2, 0.25) is 21.8 Å². The number of nitrogens with one attached hydrogen (secondary N) is 1. The summed E-state index contributed by atoms with van der Waals surface area (Å²) in [4.78, 5) is 28.6. The molecule has 0 heterocycles. The highest BCUT2D eigenvalue weighted by molar-refractivity contribution is 7.88. The molecule has 0 aliphatic carbocycles. The molecule has 0 saturated carbocycles. The normalized spacial score (nSPS) is 12.1. The molecular formula is C28H33N3O5S. The Kier molecular flexibility index (Phi) is 9.43. The third-order valence-corrected chi connectivity index (χ3v) is 7.28. The lowest BCUT2D eigenvalue weighted by Gasteiger charge is -2.32. The van der Waals surface area contributed by atoms with Crippen LogP contribution in [0.3, 0.4) is 0 Å². The number of carbonyl (C=O) groups is 2. The van der Waals surface area contributed by atoms with Gasteiger partial charge in [-0.1, -0.05) is 72.3 Å². The van der Waals surface area contributed by atoms with Crippen LogP contribution in [0.5, 0.6) is 5.75 Å². The van der Waals surface area contributed by atoms with Crippen LogP contribution in [-0.2, 0) is 32.7 Å². The van der Waals surface area contributed by atoms with Crippen molar-refractivity contribution in [1.29, 1.82) is 0 Å². The number of aryl methyl sites for hydroxylation is 1. The molecule has 1 N–H and O–H groups in total. The average Bonchev–Trinajstić information content (AvgIpc) is 2.88. The van der Waals surface area contributed by atoms with Crippen LogP contribution in [0.15, 0.2) is 78.9 Å². The largest absolute Gasteiger partial charge is 0.497 e. The molecule has 0 radical (unpaired) electrons. The SMILES string of the molecule is COc1ccc(CN(C(=O)CN(C)S(C)(=O)=O)[C@@H](C(=O)NCc2ccc(C)cc2)c2ccccc2)cc1. The molecule has 3 aromatic rings. The van der Waals surface area contributed by atoms with Crippen LogP contribution in [0.1, 0.15) is 28.3 Å². The number of carbonyl (C=O) groups excluding carboxylic acids is 2. The third-order valence-electron chi connectivity index (χ3n) is 6.02. The highest BCUT2D eigenvalue weighted by Gasteiger charge is 2.32. The fraction of sp³-hybridized carbons (Fsp3) is 0.286. The second kappa shape index (κ2) is 12.5. The molecule has 9 heteroatoms. The summed E-state index contributed by atoms with van der Waals surface area (Å²) in [6.07, 6.45) is 1.04. The number of hydrogen-bond donors (Lipinski definition) is 1. The fourth-order valence-electron chi connectivity index (χ4n) is 3.75. The van der Waals surface area contributed by atoms with Crippen molar-refractivity contribution in [2.75, 3.05) is 27.0 Å². The molecule has 0 fully saturated rings. The van der Waals surface area contributed by atoms with Crippen molar-refractivity contribution >= 4 is 21.8 Å². The first-order valence-corrected chi connectivity index (χ1v) is 13.6. The molecule has 37 heavy (non-hydrogen) atoms. The highest BCUT2D eigenvalue weighted by Crippen LogP contribution is 2.25. The molecule has 0 aliphatic heterocycles. The first-order valence-electron chi connectivity index (χ1n) is 11.8. The van der Waals surface area contributed by atoms with Crippen molar-refractivity contribution in [2.45, 2.75) is 26.1 Å². The minimum Gasteiger partial charge on any atom is -0.497 e. The summed E-state index contributed by atoms with van der Waals surface area (Å²) in [7, 11) is -0.699. The van der Waals surface area contributed by atoms with Crippen molar-refractivity contribution in [3.8, 4) is 5.75 Å². The Balaban J connectivity index is 1.97. The van der Waals surface area contributed by atoms with E-state index in [1.165, 1.54) is 11.9 Å². The van der Waals surface area contributed by atoms with Crippen LogP contribution in [0, 0.1) is 6.92 Å². The Labute approximate surface area is 218 Å². The van der Waals surface area contributed by atoms with Gasteiger partial charge in [0.1, 0.15) is 11.8 Å². The first kappa shape index (κ1) is 27.9. The maximum atomic E-state index is 13.6. The van der Waals surface area contributed by atoms with Crippen molar-refractivity contribution < 1.29 is 22.7 Å². The number of methoxy groups -OCH3 is 1. The van der Waals surface area contributed by atoms with Crippen molar-refractivity contribution in [2.24, 2.45) is 0 Å². The molecule has 3 aromatic carbocycles. The summed E-state index contributed by atoms with van der Waals surface area (Å²) in [5.41, 5.74) is 3.43. The highest BCUT2D eigenvalue weighted by atomic mass is 32.2. The summed E-state index contributed by atoms with van der Waals surface area (Å²) in [5.74, 6) is -0.201. The lowest BCUT2D eigenvalue weighted by atomic mass is 10.0. The minimum atomic E-state index is -3.60. The zero-order valence-electron chi connectivity index (χ0n) is 21.5. The number of likely N-dealkylation sites (N-methyl/N-ethyl adjacent to an activating group) is 1. The molecule has 1 atom stereocenters. The minimum absolute atomic E-state index is 0.0952. The standard InChI is InChI=1S/C28H33N3O5S/c1-21-10-12-22(13-11-21)18-29-28(33)27(24-8-6-5-7-9-24)31(26(32)20-30(2)37(4,34)35)19-23-14-16-25(36-3)17-15-23/h5-17,27H,18-20H2,1-4H3,(H,29,33)/t27-/m1/s1. The number of rotatable bonds is 11. The van der Waals surface area contributed by atoms with Crippen LogP contribution in [0.4, 0.5) is 0 Å². The van der Waals surface area contributed by atoms with Gasteiger partial charge in [-0.05, 0) is 35.7 Å². The molecule has 0 aliphatic rings. The van der Waals surface area contributed by atoms with Crippen LogP contribution in [0.2, 0.25) is 0 Å².